The van der Waals surface area contributed by atoms with Gasteiger partial charge in [0.05, 0.1) is 6.33 Å². The Hall–Kier alpha value is -1.08. The number of nitrogens with two attached hydrogens (primary N) is 1. The van der Waals surface area contributed by atoms with Gasteiger partial charge in [0, 0.05) is 20.1 Å². The Labute approximate surface area is 95.1 Å². The number of piperidine rings is 1. The lowest BCUT2D eigenvalue weighted by molar-refractivity contribution is 0.344. The first-order valence-corrected chi connectivity index (χ1v) is 6.74. The lowest BCUT2D eigenvalue weighted by atomic mass is 10.2. The molecular weight excluding hydrogens is 228 g/mol. The number of hydrogen-bond donors (Lipinski definition) is 1. The standard InChI is InChI=1S/C9H16N4O2S/c1-12-7-11-8(10)9(12)16(14,15)13-5-3-2-4-6-13/h7H,2-6,10H2,1H3. The summed E-state index contributed by atoms with van der Waals surface area (Å²) in [7, 11) is -1.83. The van der Waals surface area contributed by atoms with Gasteiger partial charge in [0.1, 0.15) is 0 Å². The summed E-state index contributed by atoms with van der Waals surface area (Å²) in [5.41, 5.74) is 5.60. The Bertz CT molecular complexity index is 454. The number of sulfonamides is 1. The van der Waals surface area contributed by atoms with Crippen LogP contribution in [0.5, 0.6) is 0 Å². The normalized spacial score (nSPS) is 18.8. The molecule has 0 unspecified atom stereocenters. The van der Waals surface area contributed by atoms with Crippen molar-refractivity contribution in [3.63, 3.8) is 0 Å². The fraction of sp³-hybridized carbons (Fsp3) is 0.667. The van der Waals surface area contributed by atoms with Crippen molar-refractivity contribution >= 4 is 15.8 Å². The van der Waals surface area contributed by atoms with E-state index in [1.807, 2.05) is 0 Å². The van der Waals surface area contributed by atoms with Crippen LogP contribution in [0.2, 0.25) is 0 Å². The fourth-order valence-corrected chi connectivity index (χ4v) is 3.69. The number of hydrogen-bond acceptors (Lipinski definition) is 4. The van der Waals surface area contributed by atoms with Crippen LogP contribution < -0.4 is 5.73 Å². The Morgan fingerprint density at radius 1 is 1.31 bits per heavy atom. The van der Waals surface area contributed by atoms with E-state index in [2.05, 4.69) is 4.98 Å². The van der Waals surface area contributed by atoms with E-state index in [1.165, 1.54) is 15.2 Å². The van der Waals surface area contributed by atoms with Crippen molar-refractivity contribution in [2.24, 2.45) is 7.05 Å². The molecule has 0 aliphatic carbocycles. The molecule has 1 aromatic heterocycles. The second-order valence-electron chi connectivity index (χ2n) is 4.01. The van der Waals surface area contributed by atoms with Gasteiger partial charge in [0.25, 0.3) is 10.0 Å². The average molecular weight is 244 g/mol. The third-order valence-corrected chi connectivity index (χ3v) is 4.84. The molecule has 0 atom stereocenters. The molecule has 0 saturated carbocycles. The fourth-order valence-electron chi connectivity index (χ4n) is 1.98. The molecule has 90 valence electrons. The van der Waals surface area contributed by atoms with Crippen LogP contribution >= 0.6 is 0 Å². The van der Waals surface area contributed by atoms with Gasteiger partial charge in [-0.3, -0.25) is 0 Å². The first-order chi connectivity index (χ1) is 7.53. The van der Waals surface area contributed by atoms with E-state index < -0.39 is 10.0 Å². The monoisotopic (exact) mass is 244 g/mol. The van der Waals surface area contributed by atoms with Crippen LogP contribution in [0.3, 0.4) is 0 Å². The van der Waals surface area contributed by atoms with E-state index in [4.69, 9.17) is 5.73 Å². The zero-order valence-electron chi connectivity index (χ0n) is 9.26. The number of imidazole rings is 1. The summed E-state index contributed by atoms with van der Waals surface area (Å²) < 4.78 is 27.5. The van der Waals surface area contributed by atoms with Gasteiger partial charge < -0.3 is 10.3 Å². The van der Waals surface area contributed by atoms with Gasteiger partial charge in [-0.1, -0.05) is 6.42 Å². The van der Waals surface area contributed by atoms with Gasteiger partial charge >= 0.3 is 0 Å². The summed E-state index contributed by atoms with van der Waals surface area (Å²) >= 11 is 0. The second kappa shape index (κ2) is 4.06. The molecule has 1 fully saturated rings. The lowest BCUT2D eigenvalue weighted by Gasteiger charge is -2.25. The average Bonchev–Trinajstić information content (AvgIpc) is 2.60. The number of nitrogen functional groups attached to an aromatic ring is 1. The molecule has 16 heavy (non-hydrogen) atoms. The van der Waals surface area contributed by atoms with Crippen molar-refractivity contribution in [2.75, 3.05) is 18.8 Å². The Kier molecular flexibility index (Phi) is 2.90. The van der Waals surface area contributed by atoms with Gasteiger partial charge in [-0.15, -0.1) is 0 Å². The Morgan fingerprint density at radius 2 is 1.94 bits per heavy atom. The number of nitrogens with zero attached hydrogens (tertiary/aromatic N) is 3. The van der Waals surface area contributed by atoms with Crippen molar-refractivity contribution in [3.05, 3.63) is 6.33 Å². The predicted octanol–water partition coefficient (Wildman–Crippen LogP) is 0.177. The molecule has 0 radical (unpaired) electrons. The highest BCUT2D eigenvalue weighted by Crippen LogP contribution is 2.23. The molecule has 0 aromatic carbocycles. The van der Waals surface area contributed by atoms with E-state index in [1.54, 1.807) is 7.05 Å². The van der Waals surface area contributed by atoms with Crippen molar-refractivity contribution in [3.8, 4) is 0 Å². The van der Waals surface area contributed by atoms with Crippen LogP contribution in [-0.4, -0.2) is 35.4 Å². The molecule has 2 rings (SSSR count). The van der Waals surface area contributed by atoms with Crippen molar-refractivity contribution in [1.82, 2.24) is 13.9 Å². The summed E-state index contributed by atoms with van der Waals surface area (Å²) in [5, 5.41) is 0.106. The largest absolute Gasteiger partial charge is 0.381 e. The van der Waals surface area contributed by atoms with Gasteiger partial charge in [-0.05, 0) is 12.8 Å². The zero-order chi connectivity index (χ0) is 11.8. The first-order valence-electron chi connectivity index (χ1n) is 5.30. The maximum Gasteiger partial charge on any atom is 0.262 e. The highest BCUT2D eigenvalue weighted by atomic mass is 32.2. The molecule has 1 aromatic rings. The van der Waals surface area contributed by atoms with Gasteiger partial charge in [0.15, 0.2) is 10.8 Å². The van der Waals surface area contributed by atoms with Crippen LogP contribution in [-0.2, 0) is 17.1 Å². The predicted molar refractivity (Wildman–Crippen MR) is 60.2 cm³/mol. The molecule has 7 heteroatoms. The highest BCUT2D eigenvalue weighted by Gasteiger charge is 2.30. The van der Waals surface area contributed by atoms with Crippen LogP contribution in [0.25, 0.3) is 0 Å². The van der Waals surface area contributed by atoms with Gasteiger partial charge in [-0.25, -0.2) is 13.4 Å². The number of rotatable bonds is 2. The SMILES string of the molecule is Cn1cnc(N)c1S(=O)(=O)N1CCCCC1. The van der Waals surface area contributed by atoms with Crippen LogP contribution in [0.15, 0.2) is 11.4 Å². The summed E-state index contributed by atoms with van der Waals surface area (Å²) in [4.78, 5) is 3.81. The molecule has 0 amide bonds. The maximum atomic E-state index is 12.3. The van der Waals surface area contributed by atoms with Crippen LogP contribution in [0, 0.1) is 0 Å². The molecule has 2 heterocycles. The molecule has 0 bridgehead atoms. The van der Waals surface area contributed by atoms with Gasteiger partial charge in [0.2, 0.25) is 0 Å². The minimum atomic E-state index is -3.47. The van der Waals surface area contributed by atoms with Gasteiger partial charge in [-0.2, -0.15) is 4.31 Å². The minimum absolute atomic E-state index is 0.0769. The topological polar surface area (TPSA) is 81.2 Å². The number of aryl methyl sites for hydroxylation is 1. The van der Waals surface area contributed by atoms with Crippen molar-refractivity contribution < 1.29 is 8.42 Å². The quantitative estimate of drug-likeness (QED) is 0.804. The van der Waals surface area contributed by atoms with E-state index in [9.17, 15) is 8.42 Å². The van der Waals surface area contributed by atoms with Crippen molar-refractivity contribution in [1.29, 1.82) is 0 Å². The smallest absolute Gasteiger partial charge is 0.262 e. The maximum absolute atomic E-state index is 12.3. The molecule has 2 N–H and O–H groups in total. The second-order valence-corrected chi connectivity index (χ2v) is 5.86. The summed E-state index contributed by atoms with van der Waals surface area (Å²) in [6.45, 7) is 1.15. The van der Waals surface area contributed by atoms with E-state index >= 15 is 0 Å². The molecule has 6 nitrogen and oxygen atoms in total. The first kappa shape index (κ1) is 11.4. The molecular formula is C9H16N4O2S. The van der Waals surface area contributed by atoms with E-state index in [-0.39, 0.29) is 10.8 Å². The van der Waals surface area contributed by atoms with Crippen molar-refractivity contribution in [2.45, 2.75) is 24.3 Å². The molecule has 1 saturated heterocycles. The zero-order valence-corrected chi connectivity index (χ0v) is 10.1. The Morgan fingerprint density at radius 3 is 2.44 bits per heavy atom. The minimum Gasteiger partial charge on any atom is -0.381 e. The van der Waals surface area contributed by atoms with E-state index in [0.717, 1.165) is 19.3 Å². The number of aromatic nitrogens is 2. The third kappa shape index (κ3) is 1.80. The van der Waals surface area contributed by atoms with E-state index in [0.29, 0.717) is 13.1 Å². The summed E-state index contributed by atoms with van der Waals surface area (Å²) in [5.74, 6) is 0.0769. The Balaban J connectivity index is 2.38. The molecule has 1 aliphatic rings. The highest BCUT2D eigenvalue weighted by molar-refractivity contribution is 7.89. The summed E-state index contributed by atoms with van der Waals surface area (Å²) in [6.07, 6.45) is 4.34. The molecule has 1 aliphatic heterocycles. The third-order valence-electron chi connectivity index (χ3n) is 2.81. The summed E-state index contributed by atoms with van der Waals surface area (Å²) in [6, 6.07) is 0. The molecule has 0 spiro atoms. The number of anilines is 1. The van der Waals surface area contributed by atoms with Crippen LogP contribution in [0.4, 0.5) is 5.82 Å². The lowest BCUT2D eigenvalue weighted by Crippen LogP contribution is -2.36. The van der Waals surface area contributed by atoms with Crippen LogP contribution in [0.1, 0.15) is 19.3 Å².